The third-order valence-corrected chi connectivity index (χ3v) is 4.69. The van der Waals surface area contributed by atoms with Gasteiger partial charge in [-0.1, -0.05) is 24.3 Å². The van der Waals surface area contributed by atoms with Crippen LogP contribution in [-0.2, 0) is 4.79 Å². The van der Waals surface area contributed by atoms with Gasteiger partial charge in [-0.15, -0.1) is 11.3 Å². The van der Waals surface area contributed by atoms with Crippen molar-refractivity contribution >= 4 is 28.9 Å². The number of nitrogens with one attached hydrogen (secondary N) is 1. The van der Waals surface area contributed by atoms with E-state index in [0.29, 0.717) is 10.2 Å². The molecule has 1 N–H and O–H groups in total. The van der Waals surface area contributed by atoms with E-state index in [0.717, 1.165) is 16.9 Å². The summed E-state index contributed by atoms with van der Waals surface area (Å²) >= 11 is 1.10. The monoisotopic (exact) mass is 362 g/mol. The predicted octanol–water partition coefficient (Wildman–Crippen LogP) is 0.543. The summed E-state index contributed by atoms with van der Waals surface area (Å²) in [6, 6.07) is 14.4. The molecule has 0 saturated carbocycles. The van der Waals surface area contributed by atoms with E-state index < -0.39 is 5.91 Å². The molecule has 0 bridgehead atoms. The lowest BCUT2D eigenvalue weighted by atomic mass is 10.2. The molecule has 0 saturated heterocycles. The van der Waals surface area contributed by atoms with Crippen LogP contribution < -0.4 is 20.1 Å². The number of benzene rings is 1. The van der Waals surface area contributed by atoms with Gasteiger partial charge in [0.2, 0.25) is 0 Å². The third kappa shape index (κ3) is 3.31. The molecule has 26 heavy (non-hydrogen) atoms. The average Bonchev–Trinajstić information content (AvgIpc) is 2.99. The van der Waals surface area contributed by atoms with E-state index in [1.54, 1.807) is 48.8 Å². The maximum absolute atomic E-state index is 13.0. The summed E-state index contributed by atoms with van der Waals surface area (Å²) in [5, 5.41) is 11.9. The van der Waals surface area contributed by atoms with Crippen molar-refractivity contribution < 1.29 is 4.79 Å². The molecule has 0 atom stereocenters. The Morgan fingerprint density at radius 1 is 1.27 bits per heavy atom. The summed E-state index contributed by atoms with van der Waals surface area (Å²) in [4.78, 5) is 29.1. The van der Waals surface area contributed by atoms with Crippen molar-refractivity contribution in [1.29, 1.82) is 5.26 Å². The Kier molecular flexibility index (Phi) is 5.06. The minimum Gasteiger partial charge on any atom is -0.354 e. The molecule has 0 unspecified atom stereocenters. The molecular formula is C19H14N4O2S. The lowest BCUT2D eigenvalue weighted by molar-refractivity contribution is -0.115. The van der Waals surface area contributed by atoms with Crippen LogP contribution >= 0.6 is 11.3 Å². The molecule has 1 amide bonds. The normalized spacial score (nSPS) is 12.4. The number of thiazole rings is 1. The number of hydrogen-bond donors (Lipinski definition) is 1. The summed E-state index contributed by atoms with van der Waals surface area (Å²) in [6.07, 6.45) is 4.98. The van der Waals surface area contributed by atoms with Gasteiger partial charge < -0.3 is 5.32 Å². The Morgan fingerprint density at radius 3 is 2.65 bits per heavy atom. The Balaban J connectivity index is 2.42. The zero-order valence-electron chi connectivity index (χ0n) is 13.8. The second-order valence-electron chi connectivity index (χ2n) is 5.24. The molecule has 128 valence electrons. The lowest BCUT2D eigenvalue weighted by Gasteiger charge is -2.02. The van der Waals surface area contributed by atoms with Crippen LogP contribution in [0.15, 0.2) is 59.7 Å². The van der Waals surface area contributed by atoms with Gasteiger partial charge in [-0.05, 0) is 29.8 Å². The molecule has 2 heterocycles. The van der Waals surface area contributed by atoms with Crippen LogP contribution in [0.3, 0.4) is 0 Å². The van der Waals surface area contributed by atoms with E-state index in [-0.39, 0.29) is 15.8 Å². The molecule has 7 heteroatoms. The van der Waals surface area contributed by atoms with E-state index in [1.165, 1.54) is 11.6 Å². The molecule has 3 aromatic rings. The summed E-state index contributed by atoms with van der Waals surface area (Å²) < 4.78 is 2.09. The van der Waals surface area contributed by atoms with Crippen LogP contribution in [0.25, 0.3) is 17.3 Å². The highest BCUT2D eigenvalue weighted by Gasteiger charge is 2.15. The Labute approximate surface area is 153 Å². The minimum absolute atomic E-state index is 0.107. The number of amides is 1. The van der Waals surface area contributed by atoms with Gasteiger partial charge in [-0.3, -0.25) is 19.1 Å². The fourth-order valence-corrected chi connectivity index (χ4v) is 3.50. The molecule has 2 aromatic heterocycles. The van der Waals surface area contributed by atoms with E-state index in [2.05, 4.69) is 10.3 Å². The first-order chi connectivity index (χ1) is 12.7. The fraction of sp³-hybridized carbons (Fsp3) is 0.0526. The van der Waals surface area contributed by atoms with Crippen LogP contribution in [0, 0.1) is 11.3 Å². The van der Waals surface area contributed by atoms with Gasteiger partial charge in [0, 0.05) is 19.4 Å². The number of para-hydroxylation sites is 1. The molecule has 0 aliphatic rings. The predicted molar refractivity (Wildman–Crippen MR) is 100 cm³/mol. The molecular weight excluding hydrogens is 348 g/mol. The van der Waals surface area contributed by atoms with Crippen molar-refractivity contribution in [2.75, 3.05) is 7.05 Å². The average molecular weight is 362 g/mol. The molecule has 3 rings (SSSR count). The molecule has 6 nitrogen and oxygen atoms in total. The second kappa shape index (κ2) is 7.59. The fourth-order valence-electron chi connectivity index (χ4n) is 2.39. The molecule has 0 fully saturated rings. The maximum atomic E-state index is 13.0. The Bertz CT molecular complexity index is 1160. The SMILES string of the molecule is CNC(=O)/C(C#N)=c1\s/c(=C/c2cccnc2)c(=O)n1-c1ccccc1. The number of hydrogen-bond acceptors (Lipinski definition) is 5. The lowest BCUT2D eigenvalue weighted by Crippen LogP contribution is -2.33. The van der Waals surface area contributed by atoms with Gasteiger partial charge in [0.05, 0.1) is 10.2 Å². The first kappa shape index (κ1) is 17.3. The Hall–Kier alpha value is -3.50. The van der Waals surface area contributed by atoms with Gasteiger partial charge in [0.25, 0.3) is 11.5 Å². The number of carbonyl (C=O) groups excluding carboxylic acids is 1. The first-order valence-electron chi connectivity index (χ1n) is 7.71. The summed E-state index contributed by atoms with van der Waals surface area (Å²) in [5.74, 6) is -0.536. The quantitative estimate of drug-likeness (QED) is 0.737. The zero-order valence-corrected chi connectivity index (χ0v) is 14.7. The highest BCUT2D eigenvalue weighted by atomic mass is 32.1. The van der Waals surface area contributed by atoms with Crippen molar-refractivity contribution in [3.05, 3.63) is 80.0 Å². The molecule has 0 aliphatic carbocycles. The molecule has 0 spiro atoms. The number of nitriles is 1. The van der Waals surface area contributed by atoms with Gasteiger partial charge in [0.1, 0.15) is 10.7 Å². The highest BCUT2D eigenvalue weighted by molar-refractivity contribution is 7.07. The van der Waals surface area contributed by atoms with E-state index >= 15 is 0 Å². The largest absolute Gasteiger partial charge is 0.354 e. The van der Waals surface area contributed by atoms with Crippen molar-refractivity contribution in [2.45, 2.75) is 0 Å². The van der Waals surface area contributed by atoms with Crippen molar-refractivity contribution in [3.63, 3.8) is 0 Å². The standard InChI is InChI=1S/C19H14N4O2S/c1-21-17(24)15(11-20)19-23(14-7-3-2-4-8-14)18(25)16(26-19)10-13-6-5-9-22-12-13/h2-10,12H,1H3,(H,21,24)/b16-10+,19-15-. The van der Waals surface area contributed by atoms with Crippen LogP contribution in [0.4, 0.5) is 0 Å². The van der Waals surface area contributed by atoms with Crippen molar-refractivity contribution in [2.24, 2.45) is 0 Å². The van der Waals surface area contributed by atoms with Crippen LogP contribution in [-0.4, -0.2) is 22.5 Å². The molecule has 1 aromatic carbocycles. The summed E-state index contributed by atoms with van der Waals surface area (Å²) in [7, 11) is 1.45. The summed E-state index contributed by atoms with van der Waals surface area (Å²) in [6.45, 7) is 0. The van der Waals surface area contributed by atoms with Crippen molar-refractivity contribution in [1.82, 2.24) is 14.9 Å². The number of carbonyl (C=O) groups is 1. The maximum Gasteiger partial charge on any atom is 0.273 e. The van der Waals surface area contributed by atoms with Gasteiger partial charge >= 0.3 is 0 Å². The topological polar surface area (TPSA) is 87.8 Å². The van der Waals surface area contributed by atoms with E-state index in [1.807, 2.05) is 18.2 Å². The first-order valence-corrected chi connectivity index (χ1v) is 8.53. The third-order valence-electron chi connectivity index (χ3n) is 3.60. The molecule has 0 radical (unpaired) electrons. The van der Waals surface area contributed by atoms with Gasteiger partial charge in [-0.2, -0.15) is 5.26 Å². The zero-order chi connectivity index (χ0) is 18.5. The van der Waals surface area contributed by atoms with Crippen molar-refractivity contribution in [3.8, 4) is 11.8 Å². The van der Waals surface area contributed by atoms with E-state index in [4.69, 9.17) is 0 Å². The van der Waals surface area contributed by atoms with E-state index in [9.17, 15) is 14.9 Å². The van der Waals surface area contributed by atoms with Gasteiger partial charge in [-0.25, -0.2) is 0 Å². The Morgan fingerprint density at radius 2 is 2.04 bits per heavy atom. The number of aromatic nitrogens is 2. The number of nitrogens with zero attached hydrogens (tertiary/aromatic N) is 3. The number of pyridine rings is 1. The van der Waals surface area contributed by atoms with Crippen LogP contribution in [0.5, 0.6) is 0 Å². The number of rotatable bonds is 3. The highest BCUT2D eigenvalue weighted by Crippen LogP contribution is 2.03. The van der Waals surface area contributed by atoms with Gasteiger partial charge in [0.15, 0.2) is 5.57 Å². The summed E-state index contributed by atoms with van der Waals surface area (Å²) in [5.41, 5.74) is 0.947. The smallest absolute Gasteiger partial charge is 0.273 e. The van der Waals surface area contributed by atoms with Crippen LogP contribution in [0.2, 0.25) is 0 Å². The molecule has 0 aliphatic heterocycles. The minimum atomic E-state index is -0.536. The van der Waals surface area contributed by atoms with Crippen LogP contribution in [0.1, 0.15) is 5.56 Å². The second-order valence-corrected chi connectivity index (χ2v) is 6.27.